The van der Waals surface area contributed by atoms with Crippen molar-refractivity contribution in [1.82, 2.24) is 9.55 Å². The number of aryl methyl sites for hydroxylation is 1. The van der Waals surface area contributed by atoms with Gasteiger partial charge in [-0.15, -0.1) is 0 Å². The van der Waals surface area contributed by atoms with Crippen molar-refractivity contribution in [3.63, 3.8) is 0 Å². The Hall–Kier alpha value is -2.05. The summed E-state index contributed by atoms with van der Waals surface area (Å²) in [4.78, 5) is 4.07. The summed E-state index contributed by atoms with van der Waals surface area (Å²) in [7, 11) is 0. The number of hydrogen-bond donors (Lipinski definition) is 1. The highest BCUT2D eigenvalue weighted by Crippen LogP contribution is 2.27. The zero-order chi connectivity index (χ0) is 15.7. The third-order valence-corrected chi connectivity index (χ3v) is 2.81. The van der Waals surface area contributed by atoms with Crippen LogP contribution in [0.25, 0.3) is 0 Å². The van der Waals surface area contributed by atoms with Gasteiger partial charge in [-0.1, -0.05) is 13.8 Å². The molecule has 1 aromatic heterocycles. The maximum atomic E-state index is 13.6. The fourth-order valence-electron chi connectivity index (χ4n) is 1.97. The van der Waals surface area contributed by atoms with Crippen LogP contribution in [-0.2, 0) is 6.54 Å². The van der Waals surface area contributed by atoms with Crippen LogP contribution in [0, 0.1) is 36.1 Å². The Morgan fingerprint density at radius 3 is 2.24 bits per heavy atom. The third-order valence-electron chi connectivity index (χ3n) is 2.81. The number of rotatable bonds is 4. The first-order chi connectivity index (χ1) is 9.79. The molecular weight excluding hydrogens is 286 g/mol. The minimum atomic E-state index is -1.48. The summed E-state index contributed by atoms with van der Waals surface area (Å²) < 4.78 is 55.3. The molecule has 0 amide bonds. The molecule has 0 spiro atoms. The molecule has 1 heterocycles. The fraction of sp³-hybridized carbons (Fsp3) is 0.357. The first-order valence-corrected chi connectivity index (χ1v) is 6.43. The van der Waals surface area contributed by atoms with Gasteiger partial charge in [-0.3, -0.25) is 0 Å². The predicted octanol–water partition coefficient (Wildman–Crippen LogP) is 4.15. The van der Waals surface area contributed by atoms with Gasteiger partial charge in [0.1, 0.15) is 5.69 Å². The molecule has 1 N–H and O–H groups in total. The summed E-state index contributed by atoms with van der Waals surface area (Å²) in [5.41, 5.74) is -0.265. The van der Waals surface area contributed by atoms with E-state index in [4.69, 9.17) is 0 Å². The van der Waals surface area contributed by atoms with Gasteiger partial charge < -0.3 is 9.88 Å². The van der Waals surface area contributed by atoms with Gasteiger partial charge in [-0.25, -0.2) is 22.5 Å². The highest BCUT2D eigenvalue weighted by atomic mass is 19.2. The zero-order valence-corrected chi connectivity index (χ0v) is 11.8. The van der Waals surface area contributed by atoms with E-state index >= 15 is 0 Å². The van der Waals surface area contributed by atoms with Crippen molar-refractivity contribution in [3.8, 4) is 0 Å². The summed E-state index contributed by atoms with van der Waals surface area (Å²) in [5.74, 6) is -5.50. The first kappa shape index (κ1) is 15.3. The van der Waals surface area contributed by atoms with Crippen LogP contribution in [-0.4, -0.2) is 9.55 Å². The molecule has 21 heavy (non-hydrogen) atoms. The molecule has 0 unspecified atom stereocenters. The van der Waals surface area contributed by atoms with Crippen LogP contribution in [0.3, 0.4) is 0 Å². The van der Waals surface area contributed by atoms with Crippen molar-refractivity contribution in [1.29, 1.82) is 0 Å². The number of imidazole rings is 1. The van der Waals surface area contributed by atoms with Crippen LogP contribution >= 0.6 is 0 Å². The molecule has 0 atom stereocenters. The molecule has 0 aliphatic heterocycles. The van der Waals surface area contributed by atoms with E-state index in [1.165, 1.54) is 0 Å². The van der Waals surface area contributed by atoms with Crippen molar-refractivity contribution >= 4 is 11.6 Å². The molecule has 0 radical (unpaired) electrons. The summed E-state index contributed by atoms with van der Waals surface area (Å²) in [6.45, 7) is 6.18. The van der Waals surface area contributed by atoms with E-state index in [1.54, 1.807) is 17.7 Å². The van der Waals surface area contributed by atoms with Crippen LogP contribution in [0.4, 0.5) is 29.2 Å². The lowest BCUT2D eigenvalue weighted by Gasteiger charge is -2.13. The predicted molar refractivity (Wildman–Crippen MR) is 71.4 cm³/mol. The van der Waals surface area contributed by atoms with Gasteiger partial charge in [0.25, 0.3) is 0 Å². The largest absolute Gasteiger partial charge is 0.321 e. The normalized spacial score (nSPS) is 11.2. The maximum Gasteiger partial charge on any atom is 0.207 e. The second kappa shape index (κ2) is 5.75. The van der Waals surface area contributed by atoms with Gasteiger partial charge in [0.2, 0.25) is 5.95 Å². The number of halogens is 4. The summed E-state index contributed by atoms with van der Waals surface area (Å²) in [6, 6.07) is 0.168. The van der Waals surface area contributed by atoms with Gasteiger partial charge in [0, 0.05) is 18.8 Å². The number of anilines is 2. The third kappa shape index (κ3) is 3.17. The van der Waals surface area contributed by atoms with E-state index in [1.807, 2.05) is 13.8 Å². The second-order valence-corrected chi connectivity index (χ2v) is 5.22. The van der Waals surface area contributed by atoms with Crippen molar-refractivity contribution in [3.05, 3.63) is 41.2 Å². The molecule has 7 heteroatoms. The van der Waals surface area contributed by atoms with Crippen molar-refractivity contribution in [2.24, 2.45) is 5.92 Å². The van der Waals surface area contributed by atoms with Gasteiger partial charge in [-0.05, 0) is 12.8 Å². The number of nitrogens with zero attached hydrogens (tertiary/aromatic N) is 2. The molecule has 2 rings (SSSR count). The van der Waals surface area contributed by atoms with Gasteiger partial charge in [-0.2, -0.15) is 0 Å². The lowest BCUT2D eigenvalue weighted by Crippen LogP contribution is -2.10. The van der Waals surface area contributed by atoms with E-state index in [0.717, 1.165) is 0 Å². The number of benzene rings is 1. The first-order valence-electron chi connectivity index (χ1n) is 6.43. The van der Waals surface area contributed by atoms with Crippen LogP contribution < -0.4 is 5.32 Å². The monoisotopic (exact) mass is 301 g/mol. The molecule has 2 aromatic rings. The summed E-state index contributed by atoms with van der Waals surface area (Å²) in [5, 5.41) is 2.34. The van der Waals surface area contributed by atoms with Gasteiger partial charge >= 0.3 is 0 Å². The molecule has 0 bridgehead atoms. The molecule has 0 fully saturated rings. The molecule has 114 valence electrons. The number of hydrogen-bond acceptors (Lipinski definition) is 2. The smallest absolute Gasteiger partial charge is 0.207 e. The Morgan fingerprint density at radius 2 is 1.71 bits per heavy atom. The van der Waals surface area contributed by atoms with E-state index in [2.05, 4.69) is 10.3 Å². The molecule has 0 saturated heterocycles. The van der Waals surface area contributed by atoms with Crippen LogP contribution in [0.5, 0.6) is 0 Å². The quantitative estimate of drug-likeness (QED) is 0.679. The van der Waals surface area contributed by atoms with E-state index in [9.17, 15) is 17.6 Å². The Kier molecular flexibility index (Phi) is 4.20. The minimum Gasteiger partial charge on any atom is -0.321 e. The highest BCUT2D eigenvalue weighted by Gasteiger charge is 2.21. The Bertz CT molecular complexity index is 638. The van der Waals surface area contributed by atoms with Crippen LogP contribution in [0.15, 0.2) is 12.3 Å². The van der Waals surface area contributed by atoms with Crippen molar-refractivity contribution < 1.29 is 17.6 Å². The molecule has 1 aromatic carbocycles. The topological polar surface area (TPSA) is 29.9 Å². The lowest BCUT2D eigenvalue weighted by molar-refractivity contribution is 0.458. The van der Waals surface area contributed by atoms with Crippen LogP contribution in [0.1, 0.15) is 19.5 Å². The van der Waals surface area contributed by atoms with Gasteiger partial charge in [0.05, 0.1) is 5.69 Å². The van der Waals surface area contributed by atoms with Crippen LogP contribution in [0.2, 0.25) is 0 Å². The average molecular weight is 301 g/mol. The minimum absolute atomic E-state index is 0.129. The lowest BCUT2D eigenvalue weighted by atomic mass is 10.2. The highest BCUT2D eigenvalue weighted by molar-refractivity contribution is 5.56. The van der Waals surface area contributed by atoms with E-state index in [0.29, 0.717) is 12.2 Å². The Morgan fingerprint density at radius 1 is 1.14 bits per heavy atom. The number of nitrogens with one attached hydrogen (secondary N) is 1. The molecule has 0 aliphatic rings. The number of aromatic nitrogens is 2. The summed E-state index contributed by atoms with van der Waals surface area (Å²) in [6.07, 6.45) is 1.69. The van der Waals surface area contributed by atoms with Crippen molar-refractivity contribution in [2.45, 2.75) is 27.3 Å². The van der Waals surface area contributed by atoms with E-state index < -0.39 is 29.0 Å². The summed E-state index contributed by atoms with van der Waals surface area (Å²) >= 11 is 0. The molecule has 0 aliphatic carbocycles. The zero-order valence-electron chi connectivity index (χ0n) is 11.8. The second-order valence-electron chi connectivity index (χ2n) is 5.22. The van der Waals surface area contributed by atoms with Gasteiger partial charge in [0.15, 0.2) is 23.3 Å². The standard InChI is InChI=1S/C14H15F4N3/c1-7(2)5-21-6-8(3)19-14(21)20-13-11(17)9(15)4-10(16)12(13)18/h4,6-7H,5H2,1-3H3,(H,19,20). The van der Waals surface area contributed by atoms with E-state index in [-0.39, 0.29) is 17.9 Å². The molecule has 0 saturated carbocycles. The SMILES string of the molecule is Cc1cn(CC(C)C)c(Nc2c(F)c(F)cc(F)c2F)n1. The molecular formula is C14H15F4N3. The Labute approximate surface area is 119 Å². The average Bonchev–Trinajstić information content (AvgIpc) is 2.71. The Balaban J connectivity index is 2.43. The molecule has 3 nitrogen and oxygen atoms in total. The van der Waals surface area contributed by atoms with Crippen molar-refractivity contribution in [2.75, 3.05) is 5.32 Å². The maximum absolute atomic E-state index is 13.6. The fourth-order valence-corrected chi connectivity index (χ4v) is 1.97.